The van der Waals surface area contributed by atoms with Crippen molar-refractivity contribution in [2.75, 3.05) is 5.32 Å². The van der Waals surface area contributed by atoms with Crippen molar-refractivity contribution in [1.82, 2.24) is 4.72 Å². The van der Waals surface area contributed by atoms with Gasteiger partial charge in [-0.25, -0.2) is 17.9 Å². The molecule has 0 radical (unpaired) electrons. The Morgan fingerprint density at radius 2 is 1.83 bits per heavy atom. The lowest BCUT2D eigenvalue weighted by Crippen LogP contribution is -2.25. The first-order chi connectivity index (χ1) is 11.5. The van der Waals surface area contributed by atoms with E-state index in [4.69, 9.17) is 5.11 Å². The Hall–Kier alpha value is -2.38. The zero-order valence-corrected chi connectivity index (χ0v) is 13.7. The maximum absolute atomic E-state index is 12.7. The van der Waals surface area contributed by atoms with Crippen molar-refractivity contribution in [2.24, 2.45) is 0 Å². The lowest BCUT2D eigenvalue weighted by Gasteiger charge is -2.14. The van der Waals surface area contributed by atoms with Gasteiger partial charge < -0.3 is 10.4 Å². The molecule has 0 aromatic heterocycles. The second-order valence-electron chi connectivity index (χ2n) is 5.74. The van der Waals surface area contributed by atoms with E-state index in [-0.39, 0.29) is 23.0 Å². The van der Waals surface area contributed by atoms with Gasteiger partial charge in [0.25, 0.3) is 0 Å². The molecule has 2 aromatic carbocycles. The van der Waals surface area contributed by atoms with Gasteiger partial charge in [-0.1, -0.05) is 30.3 Å². The zero-order chi connectivity index (χ0) is 17.2. The molecule has 3 rings (SSSR count). The predicted octanol–water partition coefficient (Wildman–Crippen LogP) is 2.44. The number of rotatable bonds is 7. The highest BCUT2D eigenvalue weighted by molar-refractivity contribution is 7.89. The standard InChI is InChI=1S/C17H18N2O4S/c20-17(21)13-6-9-15(19-14-7-8-14)16(10-13)24(22,23)18-11-12-4-2-1-3-5-12/h1-6,9-10,14,18-19H,7-8,11H2,(H,20,21). The molecule has 1 fully saturated rings. The van der Waals surface area contributed by atoms with E-state index in [9.17, 15) is 13.2 Å². The van der Waals surface area contributed by atoms with Gasteiger partial charge in [0.15, 0.2) is 0 Å². The number of benzene rings is 2. The van der Waals surface area contributed by atoms with Gasteiger partial charge in [-0.05, 0) is 36.6 Å². The molecular weight excluding hydrogens is 328 g/mol. The van der Waals surface area contributed by atoms with Crippen molar-refractivity contribution in [3.63, 3.8) is 0 Å². The molecule has 24 heavy (non-hydrogen) atoms. The normalized spacial score (nSPS) is 14.3. The highest BCUT2D eigenvalue weighted by Gasteiger charge is 2.26. The van der Waals surface area contributed by atoms with Crippen LogP contribution in [0.2, 0.25) is 0 Å². The smallest absolute Gasteiger partial charge is 0.335 e. The summed E-state index contributed by atoms with van der Waals surface area (Å²) in [4.78, 5) is 11.1. The van der Waals surface area contributed by atoms with Crippen LogP contribution in [-0.4, -0.2) is 25.5 Å². The van der Waals surface area contributed by atoms with Crippen molar-refractivity contribution in [1.29, 1.82) is 0 Å². The number of nitrogens with one attached hydrogen (secondary N) is 2. The lowest BCUT2D eigenvalue weighted by molar-refractivity contribution is 0.0696. The monoisotopic (exact) mass is 346 g/mol. The summed E-state index contributed by atoms with van der Waals surface area (Å²) in [5, 5.41) is 12.3. The largest absolute Gasteiger partial charge is 0.478 e. The minimum absolute atomic E-state index is 0.0368. The molecule has 1 aliphatic carbocycles. The summed E-state index contributed by atoms with van der Waals surface area (Å²) in [6.45, 7) is 0.142. The molecule has 0 spiro atoms. The summed E-state index contributed by atoms with van der Waals surface area (Å²) in [5.41, 5.74) is 1.20. The second kappa shape index (κ2) is 6.62. The number of carboxylic acids is 1. The first-order valence-electron chi connectivity index (χ1n) is 7.63. The molecule has 6 nitrogen and oxygen atoms in total. The van der Waals surface area contributed by atoms with Crippen molar-refractivity contribution in [3.8, 4) is 0 Å². The van der Waals surface area contributed by atoms with E-state index in [1.165, 1.54) is 18.2 Å². The summed E-state index contributed by atoms with van der Waals surface area (Å²) in [6, 6.07) is 13.5. The summed E-state index contributed by atoms with van der Waals surface area (Å²) >= 11 is 0. The fourth-order valence-electron chi connectivity index (χ4n) is 2.30. The predicted molar refractivity (Wildman–Crippen MR) is 90.5 cm³/mol. The number of aromatic carboxylic acids is 1. The maximum atomic E-state index is 12.7. The van der Waals surface area contributed by atoms with Gasteiger partial charge in [-0.15, -0.1) is 0 Å². The van der Waals surface area contributed by atoms with Crippen LogP contribution in [0, 0.1) is 0 Å². The Morgan fingerprint density at radius 1 is 1.12 bits per heavy atom. The third kappa shape index (κ3) is 3.93. The van der Waals surface area contributed by atoms with Crippen LogP contribution in [0.3, 0.4) is 0 Å². The fourth-order valence-corrected chi connectivity index (χ4v) is 3.51. The van der Waals surface area contributed by atoms with Crippen LogP contribution in [0.4, 0.5) is 5.69 Å². The molecule has 1 saturated carbocycles. The van der Waals surface area contributed by atoms with Gasteiger partial charge in [0.2, 0.25) is 10.0 Å². The van der Waals surface area contributed by atoms with Crippen molar-refractivity contribution >= 4 is 21.7 Å². The van der Waals surface area contributed by atoms with E-state index in [0.717, 1.165) is 18.4 Å². The Kier molecular flexibility index (Phi) is 4.55. The van der Waals surface area contributed by atoms with E-state index in [0.29, 0.717) is 5.69 Å². The number of hydrogen-bond acceptors (Lipinski definition) is 4. The van der Waals surface area contributed by atoms with Gasteiger partial charge >= 0.3 is 5.97 Å². The van der Waals surface area contributed by atoms with Crippen molar-refractivity contribution in [2.45, 2.75) is 30.3 Å². The van der Waals surface area contributed by atoms with Crippen LogP contribution in [-0.2, 0) is 16.6 Å². The highest BCUT2D eigenvalue weighted by Crippen LogP contribution is 2.30. The molecule has 1 aliphatic rings. The van der Waals surface area contributed by atoms with Crippen LogP contribution in [0.5, 0.6) is 0 Å². The van der Waals surface area contributed by atoms with Gasteiger partial charge in [-0.3, -0.25) is 0 Å². The Labute approximate surface area is 140 Å². The molecule has 0 atom stereocenters. The molecule has 0 aliphatic heterocycles. The second-order valence-corrected chi connectivity index (χ2v) is 7.48. The molecule has 0 amide bonds. The summed E-state index contributed by atoms with van der Waals surface area (Å²) in [6.07, 6.45) is 1.97. The lowest BCUT2D eigenvalue weighted by atomic mass is 10.2. The quantitative estimate of drug-likeness (QED) is 0.716. The SMILES string of the molecule is O=C(O)c1ccc(NC2CC2)c(S(=O)(=O)NCc2ccccc2)c1. The molecule has 2 aromatic rings. The topological polar surface area (TPSA) is 95.5 Å². The number of anilines is 1. The number of carbonyl (C=O) groups is 1. The molecule has 0 saturated heterocycles. The van der Waals surface area contributed by atoms with Crippen LogP contribution in [0.15, 0.2) is 53.4 Å². The molecule has 7 heteroatoms. The third-order valence-electron chi connectivity index (χ3n) is 3.76. The van der Waals surface area contributed by atoms with E-state index in [1.54, 1.807) is 0 Å². The minimum Gasteiger partial charge on any atom is -0.478 e. The van der Waals surface area contributed by atoms with Crippen molar-refractivity contribution < 1.29 is 18.3 Å². The van der Waals surface area contributed by atoms with E-state index in [1.807, 2.05) is 30.3 Å². The van der Waals surface area contributed by atoms with Crippen molar-refractivity contribution in [3.05, 3.63) is 59.7 Å². The van der Waals surface area contributed by atoms with Gasteiger partial charge in [0.1, 0.15) is 4.90 Å². The van der Waals surface area contributed by atoms with Gasteiger partial charge in [-0.2, -0.15) is 0 Å². The molecule has 126 valence electrons. The van der Waals surface area contributed by atoms with Crippen LogP contribution < -0.4 is 10.0 Å². The number of carboxylic acid groups (broad SMARTS) is 1. The minimum atomic E-state index is -3.84. The Balaban J connectivity index is 1.88. The van der Waals surface area contributed by atoms with Crippen LogP contribution >= 0.6 is 0 Å². The van der Waals surface area contributed by atoms with Gasteiger partial charge in [0.05, 0.1) is 11.3 Å². The zero-order valence-electron chi connectivity index (χ0n) is 12.9. The molecule has 0 unspecified atom stereocenters. The third-order valence-corrected chi connectivity index (χ3v) is 5.21. The molecule has 0 heterocycles. The molecular formula is C17H18N2O4S. The van der Waals surface area contributed by atoms with Crippen LogP contribution in [0.25, 0.3) is 0 Å². The summed E-state index contributed by atoms with van der Waals surface area (Å²) in [5.74, 6) is -1.16. The number of hydrogen-bond donors (Lipinski definition) is 3. The average Bonchev–Trinajstić information content (AvgIpc) is 3.38. The summed E-state index contributed by atoms with van der Waals surface area (Å²) < 4.78 is 27.8. The maximum Gasteiger partial charge on any atom is 0.335 e. The Morgan fingerprint density at radius 3 is 2.46 bits per heavy atom. The molecule has 3 N–H and O–H groups in total. The average molecular weight is 346 g/mol. The van der Waals surface area contributed by atoms with Gasteiger partial charge in [0, 0.05) is 12.6 Å². The highest BCUT2D eigenvalue weighted by atomic mass is 32.2. The fraction of sp³-hybridized carbons (Fsp3) is 0.235. The van der Waals surface area contributed by atoms with E-state index >= 15 is 0 Å². The molecule has 0 bridgehead atoms. The Bertz CT molecular complexity index is 846. The first-order valence-corrected chi connectivity index (χ1v) is 9.11. The van der Waals surface area contributed by atoms with E-state index < -0.39 is 16.0 Å². The van der Waals surface area contributed by atoms with E-state index in [2.05, 4.69) is 10.0 Å². The number of sulfonamides is 1. The van der Waals surface area contributed by atoms with Crippen LogP contribution in [0.1, 0.15) is 28.8 Å². The summed E-state index contributed by atoms with van der Waals surface area (Å²) in [7, 11) is -3.84. The first kappa shape index (κ1) is 16.5.